The number of thioether (sulfide) groups is 1. The lowest BCUT2D eigenvalue weighted by atomic mass is 10.2. The monoisotopic (exact) mass is 276 g/mol. The van der Waals surface area contributed by atoms with Crippen LogP contribution in [-0.2, 0) is 6.54 Å². The highest BCUT2D eigenvalue weighted by Crippen LogP contribution is 2.18. The first-order chi connectivity index (χ1) is 9.22. The minimum Gasteiger partial charge on any atom is -0.497 e. The van der Waals surface area contributed by atoms with Gasteiger partial charge in [0.25, 0.3) is 0 Å². The summed E-state index contributed by atoms with van der Waals surface area (Å²) in [5.41, 5.74) is 7.76. The number of nitrogens with one attached hydrogen (secondary N) is 1. The number of benzene rings is 1. The molecule has 0 saturated carbocycles. The lowest BCUT2D eigenvalue weighted by Gasteiger charge is -2.09. The normalized spacial score (nSPS) is 10.2. The average Bonchev–Trinajstić information content (AvgIpc) is 2.46. The van der Waals surface area contributed by atoms with Gasteiger partial charge in [0.05, 0.1) is 7.11 Å². The van der Waals surface area contributed by atoms with Crippen LogP contribution < -0.4 is 15.8 Å². The Morgan fingerprint density at radius 3 is 2.63 bits per heavy atom. The Hall–Kier alpha value is -1.95. The van der Waals surface area contributed by atoms with Crippen molar-refractivity contribution >= 4 is 23.3 Å². The van der Waals surface area contributed by atoms with Crippen LogP contribution in [0.5, 0.6) is 5.75 Å². The molecule has 100 valence electrons. The van der Waals surface area contributed by atoms with Gasteiger partial charge in [-0.25, -0.2) is 9.97 Å². The van der Waals surface area contributed by atoms with Gasteiger partial charge in [-0.3, -0.25) is 0 Å². The Bertz CT molecular complexity index is 545. The molecular formula is C13H16N4OS. The number of nitrogen functional groups attached to an aromatic ring is 1. The maximum Gasteiger partial charge on any atom is 0.189 e. The second-order valence-electron chi connectivity index (χ2n) is 3.85. The van der Waals surface area contributed by atoms with Crippen LogP contribution in [0.1, 0.15) is 5.56 Å². The van der Waals surface area contributed by atoms with E-state index in [1.165, 1.54) is 11.8 Å². The largest absolute Gasteiger partial charge is 0.497 e. The van der Waals surface area contributed by atoms with Crippen molar-refractivity contribution in [3.8, 4) is 5.75 Å². The first-order valence-corrected chi connectivity index (χ1v) is 6.98. The van der Waals surface area contributed by atoms with E-state index in [1.807, 2.05) is 30.5 Å². The number of ether oxygens (including phenoxy) is 1. The highest BCUT2D eigenvalue weighted by molar-refractivity contribution is 7.98. The van der Waals surface area contributed by atoms with Gasteiger partial charge in [-0.05, 0) is 30.5 Å². The van der Waals surface area contributed by atoms with Crippen molar-refractivity contribution in [2.45, 2.75) is 11.7 Å². The van der Waals surface area contributed by atoms with Crippen LogP contribution in [0.25, 0.3) is 0 Å². The molecule has 0 spiro atoms. The lowest BCUT2D eigenvalue weighted by molar-refractivity contribution is 0.415. The molecule has 3 N–H and O–H groups in total. The van der Waals surface area contributed by atoms with Gasteiger partial charge in [0.15, 0.2) is 5.16 Å². The van der Waals surface area contributed by atoms with Gasteiger partial charge in [-0.1, -0.05) is 11.8 Å². The fraction of sp³-hybridized carbons (Fsp3) is 0.231. The Labute approximate surface area is 116 Å². The molecule has 1 heterocycles. The van der Waals surface area contributed by atoms with Crippen molar-refractivity contribution < 1.29 is 4.74 Å². The first-order valence-electron chi connectivity index (χ1n) is 5.76. The van der Waals surface area contributed by atoms with Gasteiger partial charge in [0.2, 0.25) is 0 Å². The quantitative estimate of drug-likeness (QED) is 0.645. The number of nitrogens with two attached hydrogens (primary N) is 1. The van der Waals surface area contributed by atoms with E-state index in [9.17, 15) is 0 Å². The predicted octanol–water partition coefficient (Wildman–Crippen LogP) is 2.40. The average molecular weight is 276 g/mol. The summed E-state index contributed by atoms with van der Waals surface area (Å²) in [5.74, 6) is 1.35. The molecule has 0 aliphatic carbocycles. The van der Waals surface area contributed by atoms with E-state index in [2.05, 4.69) is 15.3 Å². The fourth-order valence-electron chi connectivity index (χ4n) is 1.54. The Morgan fingerprint density at radius 1 is 1.32 bits per heavy atom. The first kappa shape index (κ1) is 13.5. The Balaban J connectivity index is 2.01. The molecule has 0 unspecified atom stereocenters. The number of hydrogen-bond donors (Lipinski definition) is 2. The molecule has 0 bridgehead atoms. The molecule has 0 atom stereocenters. The molecule has 0 saturated heterocycles. The van der Waals surface area contributed by atoms with Crippen LogP contribution in [0.2, 0.25) is 0 Å². The van der Waals surface area contributed by atoms with Gasteiger partial charge < -0.3 is 15.8 Å². The summed E-state index contributed by atoms with van der Waals surface area (Å²) < 4.78 is 5.11. The van der Waals surface area contributed by atoms with Crippen LogP contribution in [0, 0.1) is 0 Å². The zero-order valence-corrected chi connectivity index (χ0v) is 11.7. The summed E-state index contributed by atoms with van der Waals surface area (Å²) in [6.45, 7) is 0.590. The lowest BCUT2D eigenvalue weighted by Crippen LogP contribution is -2.06. The molecule has 2 rings (SSSR count). The molecule has 1 aromatic heterocycles. The molecule has 19 heavy (non-hydrogen) atoms. The molecule has 0 fully saturated rings. The Kier molecular flexibility index (Phi) is 4.46. The second kappa shape index (κ2) is 6.29. The molecule has 1 aromatic carbocycles. The van der Waals surface area contributed by atoms with Gasteiger partial charge in [-0.2, -0.15) is 0 Å². The zero-order valence-electron chi connectivity index (χ0n) is 10.9. The van der Waals surface area contributed by atoms with Gasteiger partial charge in [0, 0.05) is 24.0 Å². The van der Waals surface area contributed by atoms with Crippen molar-refractivity contribution in [3.05, 3.63) is 36.0 Å². The van der Waals surface area contributed by atoms with Crippen molar-refractivity contribution in [1.82, 2.24) is 9.97 Å². The molecule has 0 aliphatic rings. The Morgan fingerprint density at radius 2 is 2.05 bits per heavy atom. The van der Waals surface area contributed by atoms with Gasteiger partial charge >= 0.3 is 0 Å². The summed E-state index contributed by atoms with van der Waals surface area (Å²) in [5, 5.41) is 3.95. The molecule has 0 aliphatic heterocycles. The molecule has 6 heteroatoms. The van der Waals surface area contributed by atoms with E-state index in [0.717, 1.165) is 17.0 Å². The number of aromatic nitrogens is 2. The van der Waals surface area contributed by atoms with Crippen molar-refractivity contribution in [2.24, 2.45) is 0 Å². The van der Waals surface area contributed by atoms with Crippen molar-refractivity contribution in [3.63, 3.8) is 0 Å². The third-order valence-corrected chi connectivity index (χ3v) is 3.19. The third kappa shape index (κ3) is 3.51. The van der Waals surface area contributed by atoms with Crippen LogP contribution in [0.3, 0.4) is 0 Å². The predicted molar refractivity (Wildman–Crippen MR) is 78.5 cm³/mol. The zero-order chi connectivity index (χ0) is 13.7. The smallest absolute Gasteiger partial charge is 0.189 e. The molecule has 0 amide bonds. The van der Waals surface area contributed by atoms with Crippen molar-refractivity contribution in [2.75, 3.05) is 24.4 Å². The summed E-state index contributed by atoms with van der Waals surface area (Å²) in [6.07, 6.45) is 3.68. The third-order valence-electron chi connectivity index (χ3n) is 2.63. The van der Waals surface area contributed by atoms with E-state index in [4.69, 9.17) is 10.5 Å². The molecular weight excluding hydrogens is 260 g/mol. The fourth-order valence-corrected chi connectivity index (χ4v) is 1.89. The van der Waals surface area contributed by atoms with Gasteiger partial charge in [-0.15, -0.1) is 0 Å². The summed E-state index contributed by atoms with van der Waals surface area (Å²) in [6, 6.07) is 7.70. The van der Waals surface area contributed by atoms with Crippen LogP contribution in [0.15, 0.2) is 35.6 Å². The van der Waals surface area contributed by atoms with Crippen LogP contribution in [0.4, 0.5) is 11.5 Å². The number of anilines is 2. The maximum atomic E-state index is 5.88. The minimum atomic E-state index is 0.514. The van der Waals surface area contributed by atoms with E-state index in [0.29, 0.717) is 17.5 Å². The van der Waals surface area contributed by atoms with Gasteiger partial charge in [0.1, 0.15) is 11.6 Å². The second-order valence-corrected chi connectivity index (χ2v) is 4.62. The summed E-state index contributed by atoms with van der Waals surface area (Å²) in [7, 11) is 1.65. The number of methoxy groups -OCH3 is 1. The molecule has 0 radical (unpaired) electrons. The van der Waals surface area contributed by atoms with E-state index >= 15 is 0 Å². The molecule has 2 aromatic rings. The topological polar surface area (TPSA) is 73.1 Å². The number of hydrogen-bond acceptors (Lipinski definition) is 6. The highest BCUT2D eigenvalue weighted by Gasteiger charge is 2.03. The van der Waals surface area contributed by atoms with E-state index < -0.39 is 0 Å². The summed E-state index contributed by atoms with van der Waals surface area (Å²) >= 11 is 1.47. The van der Waals surface area contributed by atoms with Crippen molar-refractivity contribution in [1.29, 1.82) is 0 Å². The minimum absolute atomic E-state index is 0.514. The highest BCUT2D eigenvalue weighted by atomic mass is 32.2. The summed E-state index contributed by atoms with van der Waals surface area (Å²) in [4.78, 5) is 8.41. The number of nitrogens with zero attached hydrogens (tertiary/aromatic N) is 2. The molecule has 5 nitrogen and oxygen atoms in total. The standard InChI is InChI=1S/C13H16N4OS/c1-18-11-5-3-10(4-6-11)15-7-9-8-16-13(19-2)17-12(9)14/h3-6,8,15H,7H2,1-2H3,(H2,14,16,17). The van der Waals surface area contributed by atoms with Crippen LogP contribution >= 0.6 is 11.8 Å². The van der Waals surface area contributed by atoms with E-state index in [-0.39, 0.29) is 0 Å². The van der Waals surface area contributed by atoms with E-state index in [1.54, 1.807) is 13.3 Å². The number of rotatable bonds is 5. The van der Waals surface area contributed by atoms with Crippen LogP contribution in [-0.4, -0.2) is 23.3 Å². The SMILES string of the molecule is COc1ccc(NCc2cnc(SC)nc2N)cc1. The maximum absolute atomic E-state index is 5.88.